The average molecular weight is 244 g/mol. The van der Waals surface area contributed by atoms with E-state index in [1.807, 2.05) is 30.3 Å². The number of fused-ring (bicyclic) bond motifs is 1. The summed E-state index contributed by atoms with van der Waals surface area (Å²) >= 11 is 0. The molecule has 0 fully saturated rings. The summed E-state index contributed by atoms with van der Waals surface area (Å²) in [7, 11) is 0. The maximum Gasteiger partial charge on any atom is 0.311 e. The molecule has 0 aliphatic carbocycles. The summed E-state index contributed by atoms with van der Waals surface area (Å²) < 4.78 is 0. The number of hydrogen-bond donors (Lipinski definition) is 2. The van der Waals surface area contributed by atoms with Crippen molar-refractivity contribution < 1.29 is 19.8 Å². The van der Waals surface area contributed by atoms with Gasteiger partial charge in [-0.1, -0.05) is 42.5 Å². The number of aliphatic carboxylic acids is 2. The standard InChI is InChI=1S/C14H12O4/c15-13(16)8-12(14(17)18)11-6-5-9-3-1-2-4-10(9)7-11/h1-7,12H,8H2,(H,15,16)(H,17,18). The van der Waals surface area contributed by atoms with Crippen LogP contribution in [-0.2, 0) is 9.59 Å². The molecule has 0 aliphatic rings. The van der Waals surface area contributed by atoms with Crippen LogP contribution >= 0.6 is 0 Å². The Balaban J connectivity index is 2.44. The maximum atomic E-state index is 11.1. The van der Waals surface area contributed by atoms with E-state index < -0.39 is 24.3 Å². The highest BCUT2D eigenvalue weighted by atomic mass is 16.4. The predicted molar refractivity (Wildman–Crippen MR) is 66.6 cm³/mol. The van der Waals surface area contributed by atoms with Crippen molar-refractivity contribution in [2.75, 3.05) is 0 Å². The topological polar surface area (TPSA) is 74.6 Å². The summed E-state index contributed by atoms with van der Waals surface area (Å²) in [5.74, 6) is -3.24. The van der Waals surface area contributed by atoms with Crippen molar-refractivity contribution in [2.45, 2.75) is 12.3 Å². The molecular weight excluding hydrogens is 232 g/mol. The van der Waals surface area contributed by atoms with E-state index in [1.165, 1.54) is 0 Å². The summed E-state index contributed by atoms with van der Waals surface area (Å²) in [6.45, 7) is 0. The summed E-state index contributed by atoms with van der Waals surface area (Å²) in [5.41, 5.74) is 0.517. The van der Waals surface area contributed by atoms with Crippen molar-refractivity contribution >= 4 is 22.7 Å². The first-order chi connectivity index (χ1) is 8.58. The maximum absolute atomic E-state index is 11.1. The van der Waals surface area contributed by atoms with Gasteiger partial charge in [0.25, 0.3) is 0 Å². The van der Waals surface area contributed by atoms with E-state index in [0.29, 0.717) is 5.56 Å². The van der Waals surface area contributed by atoms with Gasteiger partial charge in [0.05, 0.1) is 12.3 Å². The van der Waals surface area contributed by atoms with Gasteiger partial charge in [-0.2, -0.15) is 0 Å². The molecule has 1 unspecified atom stereocenters. The Morgan fingerprint density at radius 1 is 1.00 bits per heavy atom. The van der Waals surface area contributed by atoms with E-state index in [-0.39, 0.29) is 0 Å². The molecule has 1 atom stereocenters. The van der Waals surface area contributed by atoms with E-state index in [1.54, 1.807) is 12.1 Å². The molecule has 0 radical (unpaired) electrons. The predicted octanol–water partition coefficient (Wildman–Crippen LogP) is 2.48. The molecule has 2 aromatic rings. The van der Waals surface area contributed by atoms with Gasteiger partial charge in [0.15, 0.2) is 0 Å². The van der Waals surface area contributed by atoms with E-state index >= 15 is 0 Å². The quantitative estimate of drug-likeness (QED) is 0.866. The van der Waals surface area contributed by atoms with Crippen LogP contribution in [0.15, 0.2) is 42.5 Å². The molecule has 0 amide bonds. The summed E-state index contributed by atoms with van der Waals surface area (Å²) in [4.78, 5) is 21.8. The molecule has 0 aliphatic heterocycles. The van der Waals surface area contributed by atoms with Crippen LogP contribution in [0.1, 0.15) is 17.9 Å². The molecule has 0 heterocycles. The van der Waals surface area contributed by atoms with E-state index in [0.717, 1.165) is 10.8 Å². The number of hydrogen-bond acceptors (Lipinski definition) is 2. The second-order valence-corrected chi connectivity index (χ2v) is 4.10. The van der Waals surface area contributed by atoms with E-state index in [4.69, 9.17) is 10.2 Å². The Hall–Kier alpha value is -2.36. The fourth-order valence-corrected chi connectivity index (χ4v) is 1.95. The first kappa shape index (κ1) is 12.1. The van der Waals surface area contributed by atoms with Crippen LogP contribution in [0.4, 0.5) is 0 Å². The summed E-state index contributed by atoms with van der Waals surface area (Å²) in [6, 6.07) is 12.8. The molecule has 18 heavy (non-hydrogen) atoms. The van der Waals surface area contributed by atoms with Gasteiger partial charge in [-0.25, -0.2) is 0 Å². The third-order valence-corrected chi connectivity index (χ3v) is 2.85. The molecule has 4 heteroatoms. The van der Waals surface area contributed by atoms with Crippen LogP contribution in [-0.4, -0.2) is 22.2 Å². The lowest BCUT2D eigenvalue weighted by Gasteiger charge is -2.11. The number of carboxylic acids is 2. The fourth-order valence-electron chi connectivity index (χ4n) is 1.95. The van der Waals surface area contributed by atoms with Crippen LogP contribution in [0.2, 0.25) is 0 Å². The number of benzene rings is 2. The van der Waals surface area contributed by atoms with Gasteiger partial charge in [-0.15, -0.1) is 0 Å². The largest absolute Gasteiger partial charge is 0.481 e. The minimum atomic E-state index is -1.12. The van der Waals surface area contributed by atoms with Gasteiger partial charge in [0.2, 0.25) is 0 Å². The molecule has 0 saturated carbocycles. The molecule has 0 aromatic heterocycles. The second-order valence-electron chi connectivity index (χ2n) is 4.10. The number of rotatable bonds is 4. The van der Waals surface area contributed by atoms with Crippen molar-refractivity contribution in [1.29, 1.82) is 0 Å². The monoisotopic (exact) mass is 244 g/mol. The lowest BCUT2D eigenvalue weighted by atomic mass is 9.94. The minimum absolute atomic E-state index is 0.409. The zero-order valence-corrected chi connectivity index (χ0v) is 9.54. The van der Waals surface area contributed by atoms with Gasteiger partial charge in [0.1, 0.15) is 0 Å². The minimum Gasteiger partial charge on any atom is -0.481 e. The Morgan fingerprint density at radius 3 is 2.28 bits per heavy atom. The van der Waals surface area contributed by atoms with Gasteiger partial charge >= 0.3 is 11.9 Å². The van der Waals surface area contributed by atoms with Crippen LogP contribution in [0.5, 0.6) is 0 Å². The first-order valence-electron chi connectivity index (χ1n) is 5.51. The average Bonchev–Trinajstić information content (AvgIpc) is 2.35. The summed E-state index contributed by atoms with van der Waals surface area (Å²) in [6.07, 6.45) is -0.409. The van der Waals surface area contributed by atoms with Crippen LogP contribution in [0.25, 0.3) is 10.8 Å². The van der Waals surface area contributed by atoms with Gasteiger partial charge in [-0.05, 0) is 16.3 Å². The molecule has 4 nitrogen and oxygen atoms in total. The van der Waals surface area contributed by atoms with E-state index in [9.17, 15) is 9.59 Å². The molecule has 0 spiro atoms. The van der Waals surface area contributed by atoms with Crippen LogP contribution < -0.4 is 0 Å². The zero-order valence-electron chi connectivity index (χ0n) is 9.54. The highest BCUT2D eigenvalue weighted by Crippen LogP contribution is 2.24. The highest BCUT2D eigenvalue weighted by Gasteiger charge is 2.23. The highest BCUT2D eigenvalue weighted by molar-refractivity contribution is 5.87. The van der Waals surface area contributed by atoms with E-state index in [2.05, 4.69) is 0 Å². The Labute approximate surface area is 103 Å². The van der Waals surface area contributed by atoms with Gasteiger partial charge in [0, 0.05) is 0 Å². The smallest absolute Gasteiger partial charge is 0.311 e. The SMILES string of the molecule is O=C(O)CC(C(=O)O)c1ccc2ccccc2c1. The Kier molecular flexibility index (Phi) is 3.28. The third-order valence-electron chi connectivity index (χ3n) is 2.85. The molecule has 2 aromatic carbocycles. The normalized spacial score (nSPS) is 12.2. The molecule has 2 rings (SSSR count). The first-order valence-corrected chi connectivity index (χ1v) is 5.51. The third kappa shape index (κ3) is 2.48. The Morgan fingerprint density at radius 2 is 1.67 bits per heavy atom. The second kappa shape index (κ2) is 4.87. The van der Waals surface area contributed by atoms with Gasteiger partial charge < -0.3 is 10.2 Å². The van der Waals surface area contributed by atoms with Crippen LogP contribution in [0.3, 0.4) is 0 Å². The van der Waals surface area contributed by atoms with Crippen molar-refractivity contribution in [3.63, 3.8) is 0 Å². The van der Waals surface area contributed by atoms with Gasteiger partial charge in [-0.3, -0.25) is 9.59 Å². The molecule has 2 N–H and O–H groups in total. The summed E-state index contributed by atoms with van der Waals surface area (Å²) in [5, 5.41) is 19.7. The molecular formula is C14H12O4. The Bertz CT molecular complexity index is 604. The van der Waals surface area contributed by atoms with Crippen molar-refractivity contribution in [3.05, 3.63) is 48.0 Å². The number of carboxylic acid groups (broad SMARTS) is 2. The molecule has 0 bridgehead atoms. The lowest BCUT2D eigenvalue weighted by molar-refractivity contribution is -0.145. The van der Waals surface area contributed by atoms with Crippen LogP contribution in [0, 0.1) is 0 Å². The fraction of sp³-hybridized carbons (Fsp3) is 0.143. The van der Waals surface area contributed by atoms with Crippen molar-refractivity contribution in [1.82, 2.24) is 0 Å². The van der Waals surface area contributed by atoms with Crippen molar-refractivity contribution in [3.8, 4) is 0 Å². The van der Waals surface area contributed by atoms with Crippen molar-refractivity contribution in [2.24, 2.45) is 0 Å². The lowest BCUT2D eigenvalue weighted by Crippen LogP contribution is -2.15. The molecule has 92 valence electrons. The number of carbonyl (C=O) groups is 2. The molecule has 0 saturated heterocycles. The zero-order chi connectivity index (χ0) is 13.1.